The number of likely N-dealkylation sites (tertiary alicyclic amines) is 2. The highest BCUT2D eigenvalue weighted by Crippen LogP contribution is 2.31. The third kappa shape index (κ3) is 5.68. The first kappa shape index (κ1) is 20.1. The second-order valence-corrected chi connectivity index (χ2v) is 8.58. The third-order valence-electron chi connectivity index (χ3n) is 5.83. The minimum absolute atomic E-state index is 0.191. The largest absolute Gasteiger partial charge is 0.353 e. The number of carbonyl (C=O) groups is 2. The van der Waals surface area contributed by atoms with Crippen molar-refractivity contribution in [3.8, 4) is 0 Å². The predicted molar refractivity (Wildman–Crippen MR) is 108 cm³/mol. The lowest BCUT2D eigenvalue weighted by molar-refractivity contribution is -0.130. The summed E-state index contributed by atoms with van der Waals surface area (Å²) < 4.78 is 0. The molecule has 2 heterocycles. The summed E-state index contributed by atoms with van der Waals surface area (Å²) in [5.74, 6) is 0.890. The van der Waals surface area contributed by atoms with Crippen LogP contribution in [0.3, 0.4) is 0 Å². The lowest BCUT2D eigenvalue weighted by Crippen LogP contribution is -2.45. The molecule has 5 heteroatoms. The molecule has 0 saturated carbocycles. The topological polar surface area (TPSA) is 52.7 Å². The summed E-state index contributed by atoms with van der Waals surface area (Å²) in [5, 5.41) is 3.18. The Morgan fingerprint density at radius 1 is 1.15 bits per heavy atom. The molecule has 2 aliphatic heterocycles. The molecule has 2 saturated heterocycles. The second-order valence-electron chi connectivity index (χ2n) is 8.58. The van der Waals surface area contributed by atoms with Crippen LogP contribution in [-0.4, -0.2) is 53.8 Å². The first-order valence-corrected chi connectivity index (χ1v) is 10.7. The quantitative estimate of drug-likeness (QED) is 0.745. The summed E-state index contributed by atoms with van der Waals surface area (Å²) >= 11 is 0. The van der Waals surface area contributed by atoms with Crippen molar-refractivity contribution in [2.75, 3.05) is 26.2 Å². The SMILES string of the molecule is CC(C)CC(=O)NC1CCN(CCCN2C(=O)CCC3=CCCC=C32)CC1. The van der Waals surface area contributed by atoms with Crippen LogP contribution in [0.1, 0.15) is 65.2 Å². The van der Waals surface area contributed by atoms with Gasteiger partial charge in [0.1, 0.15) is 0 Å². The van der Waals surface area contributed by atoms with Gasteiger partial charge in [0.2, 0.25) is 11.8 Å². The highest BCUT2D eigenvalue weighted by molar-refractivity contribution is 5.81. The van der Waals surface area contributed by atoms with Crippen LogP contribution >= 0.6 is 0 Å². The van der Waals surface area contributed by atoms with Gasteiger partial charge in [-0.1, -0.05) is 26.0 Å². The lowest BCUT2D eigenvalue weighted by atomic mass is 9.93. The van der Waals surface area contributed by atoms with Gasteiger partial charge in [-0.05, 0) is 56.6 Å². The van der Waals surface area contributed by atoms with Crippen molar-refractivity contribution in [3.05, 3.63) is 23.4 Å². The van der Waals surface area contributed by atoms with Crippen molar-refractivity contribution in [2.24, 2.45) is 5.92 Å². The van der Waals surface area contributed by atoms with Crippen LogP contribution in [0, 0.1) is 5.92 Å². The van der Waals surface area contributed by atoms with Crippen LogP contribution in [0.2, 0.25) is 0 Å². The first-order chi connectivity index (χ1) is 13.0. The number of hydrogen-bond acceptors (Lipinski definition) is 3. The summed E-state index contributed by atoms with van der Waals surface area (Å²) in [4.78, 5) is 28.8. The standard InChI is InChI=1S/C22H35N3O2/c1-17(2)16-21(26)23-19-10-14-24(15-11-19)12-5-13-25-20-7-4-3-6-18(20)8-9-22(25)27/h6-7,17,19H,3-5,8-16H2,1-2H3,(H,23,26). The Balaban J connectivity index is 1.38. The van der Waals surface area contributed by atoms with Crippen LogP contribution in [0.25, 0.3) is 0 Å². The van der Waals surface area contributed by atoms with Crippen molar-refractivity contribution in [1.82, 2.24) is 15.1 Å². The molecule has 3 aliphatic rings. The highest BCUT2D eigenvalue weighted by atomic mass is 16.2. The Morgan fingerprint density at radius 2 is 1.89 bits per heavy atom. The van der Waals surface area contributed by atoms with Crippen molar-refractivity contribution in [1.29, 1.82) is 0 Å². The average molecular weight is 374 g/mol. The Labute approximate surface area is 163 Å². The third-order valence-corrected chi connectivity index (χ3v) is 5.83. The van der Waals surface area contributed by atoms with Crippen LogP contribution < -0.4 is 5.32 Å². The molecule has 0 spiro atoms. The molecule has 1 N–H and O–H groups in total. The fourth-order valence-corrected chi connectivity index (χ4v) is 4.39. The maximum absolute atomic E-state index is 12.4. The Hall–Kier alpha value is -1.62. The fourth-order valence-electron chi connectivity index (χ4n) is 4.39. The second kappa shape index (κ2) is 9.54. The van der Waals surface area contributed by atoms with E-state index in [2.05, 4.69) is 36.2 Å². The normalized spacial score (nSPS) is 21.7. The summed E-state index contributed by atoms with van der Waals surface area (Å²) in [6.07, 6.45) is 12.0. The highest BCUT2D eigenvalue weighted by Gasteiger charge is 2.27. The van der Waals surface area contributed by atoms with E-state index in [0.29, 0.717) is 24.8 Å². The maximum atomic E-state index is 12.4. The van der Waals surface area contributed by atoms with Gasteiger partial charge in [-0.2, -0.15) is 0 Å². The Kier molecular flexibility index (Phi) is 7.11. The van der Waals surface area contributed by atoms with Gasteiger partial charge in [-0.15, -0.1) is 0 Å². The van der Waals surface area contributed by atoms with Gasteiger partial charge in [0.25, 0.3) is 0 Å². The van der Waals surface area contributed by atoms with E-state index in [1.54, 1.807) is 0 Å². The molecule has 0 radical (unpaired) electrons. The molecule has 0 aromatic heterocycles. The summed E-state index contributed by atoms with van der Waals surface area (Å²) in [5.41, 5.74) is 2.56. The van der Waals surface area contributed by atoms with Gasteiger partial charge < -0.3 is 15.1 Å². The number of piperidine rings is 2. The molecule has 27 heavy (non-hydrogen) atoms. The molecule has 1 aliphatic carbocycles. The number of amides is 2. The van der Waals surface area contributed by atoms with Gasteiger partial charge in [0.05, 0.1) is 0 Å². The number of carbonyl (C=O) groups excluding carboxylic acids is 2. The maximum Gasteiger partial charge on any atom is 0.227 e. The zero-order valence-corrected chi connectivity index (χ0v) is 17.0. The van der Waals surface area contributed by atoms with Crippen LogP contribution in [-0.2, 0) is 9.59 Å². The summed E-state index contributed by atoms with van der Waals surface area (Å²) in [6.45, 7) is 8.09. The average Bonchev–Trinajstić information content (AvgIpc) is 2.64. The Morgan fingerprint density at radius 3 is 2.63 bits per heavy atom. The first-order valence-electron chi connectivity index (χ1n) is 10.7. The Bertz CT molecular complexity index is 601. The molecule has 2 amide bonds. The van der Waals surface area contributed by atoms with E-state index in [4.69, 9.17) is 0 Å². The molecule has 150 valence electrons. The monoisotopic (exact) mass is 373 g/mol. The molecular weight excluding hydrogens is 338 g/mol. The molecule has 0 aromatic carbocycles. The fraction of sp³-hybridized carbons (Fsp3) is 0.727. The lowest BCUT2D eigenvalue weighted by Gasteiger charge is -2.35. The van der Waals surface area contributed by atoms with E-state index >= 15 is 0 Å². The number of nitrogens with one attached hydrogen (secondary N) is 1. The molecule has 0 bridgehead atoms. The van der Waals surface area contributed by atoms with E-state index < -0.39 is 0 Å². The molecular formula is C22H35N3O2. The van der Waals surface area contributed by atoms with E-state index in [0.717, 1.165) is 64.7 Å². The smallest absolute Gasteiger partial charge is 0.227 e. The molecule has 0 unspecified atom stereocenters. The zero-order chi connectivity index (χ0) is 19.2. The predicted octanol–water partition coefficient (Wildman–Crippen LogP) is 3.23. The number of fused-ring (bicyclic) bond motifs is 1. The van der Waals surface area contributed by atoms with Crippen LogP contribution in [0.4, 0.5) is 0 Å². The molecule has 0 aromatic rings. The number of allylic oxidation sites excluding steroid dienone is 3. The van der Waals surface area contributed by atoms with E-state index in [-0.39, 0.29) is 11.8 Å². The number of hydrogen-bond donors (Lipinski definition) is 1. The van der Waals surface area contributed by atoms with Crippen molar-refractivity contribution in [3.63, 3.8) is 0 Å². The van der Waals surface area contributed by atoms with E-state index in [9.17, 15) is 9.59 Å². The van der Waals surface area contributed by atoms with E-state index in [1.807, 2.05) is 4.90 Å². The van der Waals surface area contributed by atoms with Gasteiger partial charge in [0.15, 0.2) is 0 Å². The molecule has 5 nitrogen and oxygen atoms in total. The number of nitrogens with zero attached hydrogens (tertiary/aromatic N) is 2. The number of rotatable bonds is 7. The minimum atomic E-state index is 0.191. The van der Waals surface area contributed by atoms with Gasteiger partial charge in [-0.25, -0.2) is 0 Å². The molecule has 3 rings (SSSR count). The summed E-state index contributed by atoms with van der Waals surface area (Å²) in [7, 11) is 0. The van der Waals surface area contributed by atoms with Crippen LogP contribution in [0.5, 0.6) is 0 Å². The summed E-state index contributed by atoms with van der Waals surface area (Å²) in [6, 6.07) is 0.330. The minimum Gasteiger partial charge on any atom is -0.353 e. The molecule has 0 atom stereocenters. The zero-order valence-electron chi connectivity index (χ0n) is 17.0. The van der Waals surface area contributed by atoms with Crippen molar-refractivity contribution < 1.29 is 9.59 Å². The van der Waals surface area contributed by atoms with Crippen LogP contribution in [0.15, 0.2) is 23.4 Å². The van der Waals surface area contributed by atoms with Gasteiger partial charge in [-0.3, -0.25) is 9.59 Å². The van der Waals surface area contributed by atoms with Gasteiger partial charge in [0, 0.05) is 44.2 Å². The van der Waals surface area contributed by atoms with Crippen molar-refractivity contribution in [2.45, 2.75) is 71.3 Å². The molecule has 2 fully saturated rings. The van der Waals surface area contributed by atoms with Crippen molar-refractivity contribution >= 4 is 11.8 Å². The van der Waals surface area contributed by atoms with E-state index in [1.165, 1.54) is 11.3 Å². The van der Waals surface area contributed by atoms with Gasteiger partial charge >= 0.3 is 0 Å².